The molecule has 0 unspecified atom stereocenters. The maximum atomic E-state index is 13.1. The highest BCUT2D eigenvalue weighted by Gasteiger charge is 2.60. The third-order valence-electron chi connectivity index (χ3n) is 12.2. The average Bonchev–Trinajstić information content (AvgIpc) is 3.63. The van der Waals surface area contributed by atoms with E-state index in [2.05, 4.69) is 16.0 Å². The normalized spacial score (nSPS) is 33.5. The van der Waals surface area contributed by atoms with Crippen molar-refractivity contribution in [1.29, 1.82) is 0 Å². The zero-order chi connectivity index (χ0) is 50.5. The van der Waals surface area contributed by atoms with Gasteiger partial charge in [-0.15, -0.1) is 0 Å². The van der Waals surface area contributed by atoms with E-state index in [1.165, 1.54) is 0 Å². The molecular weight excluding hydrogens is 926 g/mol. The van der Waals surface area contributed by atoms with Crippen molar-refractivity contribution in [3.05, 3.63) is 59.7 Å². The van der Waals surface area contributed by atoms with Crippen molar-refractivity contribution in [2.45, 2.75) is 130 Å². The maximum absolute atomic E-state index is 13.1. The van der Waals surface area contributed by atoms with E-state index in [1.807, 2.05) is 48.5 Å². The lowest BCUT2D eigenvalue weighted by atomic mass is 9.88. The summed E-state index contributed by atoms with van der Waals surface area (Å²) in [6.07, 6.45) is -28.4. The van der Waals surface area contributed by atoms with E-state index >= 15 is 0 Å². The number of carboxylic acids is 2. The number of nitrogens with one attached hydrogen (secondary N) is 3. The smallest absolute Gasteiger partial charge is 0.407 e. The minimum Gasteiger partial charge on any atom is -0.480 e. The van der Waals surface area contributed by atoms with Crippen LogP contribution in [0.2, 0.25) is 0 Å². The molecular formula is C43H57N3O23. The van der Waals surface area contributed by atoms with Crippen molar-refractivity contribution in [2.75, 3.05) is 33.0 Å². The quantitative estimate of drug-likeness (QED) is 0.0626. The summed E-state index contributed by atoms with van der Waals surface area (Å²) in [7, 11) is 0. The fraction of sp³-hybridized carbons (Fsp3) is 0.605. The Morgan fingerprint density at radius 3 is 1.86 bits per heavy atom. The van der Waals surface area contributed by atoms with E-state index in [0.717, 1.165) is 36.1 Å². The van der Waals surface area contributed by atoms with Crippen LogP contribution < -0.4 is 16.0 Å². The van der Waals surface area contributed by atoms with Crippen LogP contribution in [0.25, 0.3) is 11.1 Å². The molecule has 0 spiro atoms. The van der Waals surface area contributed by atoms with Crippen LogP contribution in [0.15, 0.2) is 48.5 Å². The maximum Gasteiger partial charge on any atom is 0.407 e. The van der Waals surface area contributed by atoms with E-state index in [4.69, 9.17) is 33.2 Å². The first-order valence-corrected chi connectivity index (χ1v) is 21.7. The third-order valence-corrected chi connectivity index (χ3v) is 12.2. The Bertz CT molecular complexity index is 2090. The molecule has 17 atom stereocenters. The van der Waals surface area contributed by atoms with Crippen LogP contribution in [0.4, 0.5) is 4.79 Å². The number of rotatable bonds is 19. The third kappa shape index (κ3) is 11.6. The number of alkyl carbamates (subject to hydrolysis) is 1. The molecule has 2 aromatic rings. The molecule has 14 N–H and O–H groups in total. The lowest BCUT2D eigenvalue weighted by Crippen LogP contribution is -2.71. The molecule has 0 bridgehead atoms. The van der Waals surface area contributed by atoms with Gasteiger partial charge in [0.15, 0.2) is 18.6 Å². The van der Waals surface area contributed by atoms with E-state index in [0.29, 0.717) is 0 Å². The predicted molar refractivity (Wildman–Crippen MR) is 225 cm³/mol. The molecule has 0 saturated carbocycles. The fourth-order valence-corrected chi connectivity index (χ4v) is 8.84. The summed E-state index contributed by atoms with van der Waals surface area (Å²) in [5.74, 6) is -8.76. The van der Waals surface area contributed by atoms with Gasteiger partial charge < -0.3 is 105 Å². The highest BCUT2D eigenvalue weighted by Crippen LogP contribution is 2.45. The number of benzene rings is 2. The number of hydrogen-bond acceptors (Lipinski definition) is 21. The first kappa shape index (κ1) is 53.3. The van der Waals surface area contributed by atoms with Crippen LogP contribution >= 0.6 is 0 Å². The number of aliphatic carboxylic acids is 2. The van der Waals surface area contributed by atoms with Gasteiger partial charge in [-0.1, -0.05) is 48.5 Å². The lowest BCUT2D eigenvalue weighted by molar-refractivity contribution is -0.381. The number of amides is 3. The van der Waals surface area contributed by atoms with Gasteiger partial charge >= 0.3 is 18.0 Å². The van der Waals surface area contributed by atoms with Crippen molar-refractivity contribution in [3.8, 4) is 11.1 Å². The van der Waals surface area contributed by atoms with E-state index in [9.17, 15) is 80.1 Å². The molecule has 2 aromatic carbocycles. The van der Waals surface area contributed by atoms with Crippen LogP contribution in [-0.2, 0) is 52.3 Å². The van der Waals surface area contributed by atoms with Gasteiger partial charge in [0.1, 0.15) is 73.7 Å². The summed E-state index contributed by atoms with van der Waals surface area (Å²) >= 11 is 0. The van der Waals surface area contributed by atoms with Crippen LogP contribution in [0.1, 0.15) is 37.3 Å². The molecule has 0 radical (unpaired) electrons. The summed E-state index contributed by atoms with van der Waals surface area (Å²) in [4.78, 5) is 63.0. The molecule has 3 aliphatic heterocycles. The summed E-state index contributed by atoms with van der Waals surface area (Å²) in [6.45, 7) is -2.17. The topological polar surface area (TPSA) is 409 Å². The molecule has 3 heterocycles. The van der Waals surface area contributed by atoms with E-state index < -0.39 is 166 Å². The van der Waals surface area contributed by atoms with Crippen LogP contribution in [-0.4, -0.2) is 223 Å². The SMILES string of the molecule is CC(=O)N[C@H]1[C@@H](OC[C@H](NC(=O)OCC2c3ccccc3-c3ccccc32)C(=O)O)O[C@H](CO)[C@H](O)[C@@H]1O[C@@H]1O[C@H](CO)[C@H](O)[C@H](O[C@]2(C(=O)O)C[C@H](O)[C@@H](NC(C)=O)[C@H]([C@H](O)[C@H](O)CO)O2)[C@H]1O. The molecule has 6 rings (SSSR count). The van der Waals surface area contributed by atoms with Gasteiger partial charge in [-0.3, -0.25) is 9.59 Å². The summed E-state index contributed by atoms with van der Waals surface area (Å²) in [5, 5.41) is 124. The molecule has 4 aliphatic rings. The Labute approximate surface area is 392 Å². The van der Waals surface area contributed by atoms with Gasteiger partial charge in [0, 0.05) is 26.2 Å². The van der Waals surface area contributed by atoms with Crippen molar-refractivity contribution >= 4 is 29.8 Å². The minimum atomic E-state index is -3.14. The number of fused-ring (bicyclic) bond motifs is 3. The number of carbonyl (C=O) groups excluding carboxylic acids is 3. The summed E-state index contributed by atoms with van der Waals surface area (Å²) in [6, 6.07) is 9.89. The Kier molecular flexibility index (Phi) is 17.6. The predicted octanol–water partition coefficient (Wildman–Crippen LogP) is -5.06. The first-order valence-electron chi connectivity index (χ1n) is 21.7. The van der Waals surface area contributed by atoms with Crippen molar-refractivity contribution in [2.24, 2.45) is 0 Å². The molecule has 3 amide bonds. The second-order valence-corrected chi connectivity index (χ2v) is 16.9. The Morgan fingerprint density at radius 2 is 1.32 bits per heavy atom. The molecule has 26 heteroatoms. The number of aliphatic hydroxyl groups excluding tert-OH is 9. The monoisotopic (exact) mass is 983 g/mol. The Balaban J connectivity index is 1.20. The number of carbonyl (C=O) groups is 5. The second-order valence-electron chi connectivity index (χ2n) is 16.9. The van der Waals surface area contributed by atoms with Crippen molar-refractivity contribution < 1.29 is 113 Å². The molecule has 0 aromatic heterocycles. The van der Waals surface area contributed by atoms with Crippen LogP contribution in [0.3, 0.4) is 0 Å². The van der Waals surface area contributed by atoms with E-state index in [1.54, 1.807) is 0 Å². The number of carboxylic acid groups (broad SMARTS) is 2. The molecule has 1 aliphatic carbocycles. The van der Waals surface area contributed by atoms with Crippen molar-refractivity contribution in [3.63, 3.8) is 0 Å². The summed E-state index contributed by atoms with van der Waals surface area (Å²) < 4.78 is 39.8. The Morgan fingerprint density at radius 1 is 0.768 bits per heavy atom. The van der Waals surface area contributed by atoms with Gasteiger partial charge in [0.2, 0.25) is 11.8 Å². The highest BCUT2D eigenvalue weighted by molar-refractivity contribution is 5.81. The van der Waals surface area contributed by atoms with Crippen molar-refractivity contribution in [1.82, 2.24) is 16.0 Å². The number of hydrogen-bond donors (Lipinski definition) is 14. The molecule has 69 heavy (non-hydrogen) atoms. The highest BCUT2D eigenvalue weighted by atomic mass is 16.8. The van der Waals surface area contributed by atoms with Gasteiger partial charge in [0.25, 0.3) is 5.79 Å². The number of aliphatic hydroxyl groups is 9. The zero-order valence-electron chi connectivity index (χ0n) is 37.0. The Hall–Kier alpha value is -5.01. The first-order chi connectivity index (χ1) is 32.7. The lowest BCUT2D eigenvalue weighted by Gasteiger charge is -2.51. The zero-order valence-corrected chi connectivity index (χ0v) is 37.0. The van der Waals surface area contributed by atoms with Gasteiger partial charge in [-0.05, 0) is 22.3 Å². The van der Waals surface area contributed by atoms with Gasteiger partial charge in [0.05, 0.1) is 38.6 Å². The summed E-state index contributed by atoms with van der Waals surface area (Å²) in [5.41, 5.74) is 3.68. The molecule has 3 saturated heterocycles. The molecule has 26 nitrogen and oxygen atoms in total. The van der Waals surface area contributed by atoms with Gasteiger partial charge in [-0.25, -0.2) is 14.4 Å². The van der Waals surface area contributed by atoms with E-state index in [-0.39, 0.29) is 12.5 Å². The second kappa shape index (κ2) is 22.8. The minimum absolute atomic E-state index is 0.169. The van der Waals surface area contributed by atoms with Crippen LogP contribution in [0.5, 0.6) is 0 Å². The molecule has 382 valence electrons. The fourth-order valence-electron chi connectivity index (χ4n) is 8.84. The van der Waals surface area contributed by atoms with Gasteiger partial charge in [-0.2, -0.15) is 0 Å². The largest absolute Gasteiger partial charge is 0.480 e. The van der Waals surface area contributed by atoms with Crippen LogP contribution in [0, 0.1) is 0 Å². The molecule has 3 fully saturated rings. The standard InChI is InChI=1S/C43H57N3O23/c1-17(50)44-29-25(52)11-43(41(60)61,68-36(29)31(54)26(53)12-47)69-37-33(56)28(14-49)66-40(34(37)57)67-35-30(45-18(2)51)39(65-27(13-48)32(35)55)63-16-24(38(58)59)46-42(62)64-15-23-21-9-5-3-7-19(21)20-8-4-6-10-22(20)23/h3-10,23-37,39-40,47-49,52-57H,11-16H2,1-2H3,(H,44,50)(H,45,51)(H,46,62)(H,58,59)(H,60,61)/t24-,25-,26+,27+,28+,29+,30+,31+,32-,33-,34+,35+,36+,37-,39-,40-,43-/m0/s1. The average molecular weight is 984 g/mol. The number of ether oxygens (including phenoxy) is 7.